The second-order valence-corrected chi connectivity index (χ2v) is 6.27. The van der Waals surface area contributed by atoms with Crippen LogP contribution < -0.4 is 5.73 Å². The minimum absolute atomic E-state index is 0.504. The van der Waals surface area contributed by atoms with Crippen molar-refractivity contribution in [2.45, 2.75) is 64.0 Å². The smallest absolute Gasteiger partial charge is 0.0997 e. The van der Waals surface area contributed by atoms with Crippen molar-refractivity contribution in [2.75, 3.05) is 0 Å². The Balaban J connectivity index is 1.66. The lowest BCUT2D eigenvalue weighted by Crippen LogP contribution is -2.15. The van der Waals surface area contributed by atoms with Gasteiger partial charge in [0.2, 0.25) is 0 Å². The second kappa shape index (κ2) is 7.54. The molecule has 0 amide bonds. The fourth-order valence-corrected chi connectivity index (χ4v) is 3.57. The summed E-state index contributed by atoms with van der Waals surface area (Å²) >= 11 is 0. The van der Waals surface area contributed by atoms with Gasteiger partial charge >= 0.3 is 0 Å². The molecular formula is C18H26N4. The molecule has 2 aromatic rings. The van der Waals surface area contributed by atoms with Crippen LogP contribution in [0.5, 0.6) is 0 Å². The zero-order valence-corrected chi connectivity index (χ0v) is 13.2. The Morgan fingerprint density at radius 1 is 1.09 bits per heavy atom. The van der Waals surface area contributed by atoms with E-state index in [1.807, 2.05) is 0 Å². The zero-order valence-electron chi connectivity index (χ0n) is 13.2. The van der Waals surface area contributed by atoms with Gasteiger partial charge in [-0.1, -0.05) is 54.8 Å². The molecule has 1 heterocycles. The van der Waals surface area contributed by atoms with E-state index in [1.54, 1.807) is 0 Å². The molecule has 2 N–H and O–H groups in total. The number of aromatic nitrogens is 3. The number of nitrogens with two attached hydrogens (primary N) is 1. The third-order valence-electron chi connectivity index (χ3n) is 4.71. The van der Waals surface area contributed by atoms with Crippen molar-refractivity contribution in [3.63, 3.8) is 0 Å². The Morgan fingerprint density at radius 3 is 2.59 bits per heavy atom. The minimum Gasteiger partial charge on any atom is -0.325 e. The highest BCUT2D eigenvalue weighted by Gasteiger charge is 2.23. The van der Waals surface area contributed by atoms with Gasteiger partial charge < -0.3 is 5.73 Å². The van der Waals surface area contributed by atoms with E-state index in [4.69, 9.17) is 5.73 Å². The van der Waals surface area contributed by atoms with Gasteiger partial charge in [-0.25, -0.2) is 4.68 Å². The van der Waals surface area contributed by atoms with E-state index in [9.17, 15) is 0 Å². The maximum Gasteiger partial charge on any atom is 0.0997 e. The van der Waals surface area contributed by atoms with E-state index in [1.165, 1.54) is 43.4 Å². The van der Waals surface area contributed by atoms with Crippen LogP contribution in [0.3, 0.4) is 0 Å². The highest BCUT2D eigenvalue weighted by molar-refractivity contribution is 5.17. The highest BCUT2D eigenvalue weighted by Crippen LogP contribution is 2.33. The first-order valence-corrected chi connectivity index (χ1v) is 8.54. The fraction of sp³-hybridized carbons (Fsp3) is 0.556. The lowest BCUT2D eigenvalue weighted by molar-refractivity contribution is 0.409. The Hall–Kier alpha value is -1.68. The van der Waals surface area contributed by atoms with E-state index in [0.717, 1.165) is 25.1 Å². The number of aryl methyl sites for hydroxylation is 2. The molecule has 0 saturated heterocycles. The Morgan fingerprint density at radius 2 is 1.86 bits per heavy atom. The van der Waals surface area contributed by atoms with E-state index >= 15 is 0 Å². The summed E-state index contributed by atoms with van der Waals surface area (Å²) in [5, 5.41) is 8.70. The average Bonchev–Trinajstić information content (AvgIpc) is 2.99. The summed E-state index contributed by atoms with van der Waals surface area (Å²) in [5.74, 6) is 0.610. The van der Waals surface area contributed by atoms with E-state index < -0.39 is 0 Å². The molecule has 3 rings (SSSR count). The summed E-state index contributed by atoms with van der Waals surface area (Å²) in [6.07, 6.45) is 8.72. The van der Waals surface area contributed by atoms with Gasteiger partial charge in [0.25, 0.3) is 0 Å². The lowest BCUT2D eigenvalue weighted by Gasteiger charge is -2.23. The van der Waals surface area contributed by atoms with Crippen LogP contribution in [0.2, 0.25) is 0 Å². The van der Waals surface area contributed by atoms with Crippen molar-refractivity contribution >= 4 is 0 Å². The predicted octanol–water partition coefficient (Wildman–Crippen LogP) is 3.42. The normalized spacial score (nSPS) is 16.0. The van der Waals surface area contributed by atoms with Gasteiger partial charge in [-0.2, -0.15) is 0 Å². The van der Waals surface area contributed by atoms with Crippen molar-refractivity contribution < 1.29 is 0 Å². The number of hydrogen-bond acceptors (Lipinski definition) is 3. The molecule has 22 heavy (non-hydrogen) atoms. The molecule has 0 radical (unpaired) electrons. The summed E-state index contributed by atoms with van der Waals surface area (Å²) in [5.41, 5.74) is 9.59. The van der Waals surface area contributed by atoms with Gasteiger partial charge in [0.1, 0.15) is 0 Å². The number of benzene rings is 1. The molecule has 0 spiro atoms. The standard InChI is InChI=1S/C18H26N4/c19-14-17-18(16-11-5-2-6-12-16)22(21-20-17)13-7-10-15-8-3-1-4-9-15/h1,3-4,8-9,16H,2,5-7,10-14,19H2. The fourth-order valence-electron chi connectivity index (χ4n) is 3.57. The van der Waals surface area contributed by atoms with Crippen LogP contribution in [0.15, 0.2) is 30.3 Å². The van der Waals surface area contributed by atoms with Crippen LogP contribution in [0.25, 0.3) is 0 Å². The van der Waals surface area contributed by atoms with E-state index in [0.29, 0.717) is 12.5 Å². The largest absolute Gasteiger partial charge is 0.325 e. The van der Waals surface area contributed by atoms with Gasteiger partial charge in [-0.3, -0.25) is 0 Å². The number of rotatable bonds is 6. The first kappa shape index (κ1) is 15.2. The third-order valence-corrected chi connectivity index (χ3v) is 4.71. The minimum atomic E-state index is 0.504. The van der Waals surface area contributed by atoms with Gasteiger partial charge in [0.15, 0.2) is 0 Å². The maximum absolute atomic E-state index is 5.87. The van der Waals surface area contributed by atoms with Crippen LogP contribution in [0, 0.1) is 0 Å². The molecule has 1 aromatic carbocycles. The first-order chi connectivity index (χ1) is 10.9. The Kier molecular flexibility index (Phi) is 5.22. The van der Waals surface area contributed by atoms with Crippen molar-refractivity contribution in [3.05, 3.63) is 47.3 Å². The van der Waals surface area contributed by atoms with Gasteiger partial charge in [-0.15, -0.1) is 5.10 Å². The Labute approximate surface area is 132 Å². The van der Waals surface area contributed by atoms with Crippen molar-refractivity contribution in [1.29, 1.82) is 0 Å². The molecule has 118 valence electrons. The van der Waals surface area contributed by atoms with Crippen LogP contribution in [-0.2, 0) is 19.5 Å². The van der Waals surface area contributed by atoms with E-state index in [2.05, 4.69) is 45.3 Å². The first-order valence-electron chi connectivity index (χ1n) is 8.54. The van der Waals surface area contributed by atoms with Crippen molar-refractivity contribution in [1.82, 2.24) is 15.0 Å². The summed E-state index contributed by atoms with van der Waals surface area (Å²) in [6.45, 7) is 1.44. The molecule has 1 fully saturated rings. The summed E-state index contributed by atoms with van der Waals surface area (Å²) in [4.78, 5) is 0. The quantitative estimate of drug-likeness (QED) is 0.889. The molecule has 0 unspecified atom stereocenters. The number of nitrogens with zero attached hydrogens (tertiary/aromatic N) is 3. The summed E-state index contributed by atoms with van der Waals surface area (Å²) in [7, 11) is 0. The average molecular weight is 298 g/mol. The lowest BCUT2D eigenvalue weighted by atomic mass is 9.86. The molecule has 0 aliphatic heterocycles. The van der Waals surface area contributed by atoms with Gasteiger partial charge in [0.05, 0.1) is 11.4 Å². The zero-order chi connectivity index (χ0) is 15.2. The molecular weight excluding hydrogens is 272 g/mol. The highest BCUT2D eigenvalue weighted by atomic mass is 15.4. The molecule has 0 atom stereocenters. The monoisotopic (exact) mass is 298 g/mol. The van der Waals surface area contributed by atoms with Crippen LogP contribution in [0.4, 0.5) is 0 Å². The summed E-state index contributed by atoms with van der Waals surface area (Å²) in [6, 6.07) is 10.6. The maximum atomic E-state index is 5.87. The molecule has 4 heteroatoms. The molecule has 1 aromatic heterocycles. The van der Waals surface area contributed by atoms with Crippen LogP contribution in [-0.4, -0.2) is 15.0 Å². The second-order valence-electron chi connectivity index (χ2n) is 6.27. The molecule has 1 aliphatic carbocycles. The molecule has 0 bridgehead atoms. The molecule has 4 nitrogen and oxygen atoms in total. The predicted molar refractivity (Wildman–Crippen MR) is 88.5 cm³/mol. The Bertz CT molecular complexity index is 570. The van der Waals surface area contributed by atoms with Crippen molar-refractivity contribution in [2.24, 2.45) is 5.73 Å². The topological polar surface area (TPSA) is 56.7 Å². The van der Waals surface area contributed by atoms with Crippen LogP contribution in [0.1, 0.15) is 61.4 Å². The number of hydrogen-bond donors (Lipinski definition) is 1. The molecule has 1 saturated carbocycles. The van der Waals surface area contributed by atoms with Crippen LogP contribution >= 0.6 is 0 Å². The van der Waals surface area contributed by atoms with Gasteiger partial charge in [-0.05, 0) is 31.2 Å². The third kappa shape index (κ3) is 3.55. The van der Waals surface area contributed by atoms with Crippen molar-refractivity contribution in [3.8, 4) is 0 Å². The van der Waals surface area contributed by atoms with E-state index in [-0.39, 0.29) is 0 Å². The van der Waals surface area contributed by atoms with Gasteiger partial charge in [0, 0.05) is 19.0 Å². The SMILES string of the molecule is NCc1nnn(CCCc2ccccc2)c1C1CCCCC1. The summed E-state index contributed by atoms with van der Waals surface area (Å²) < 4.78 is 2.13. The molecule has 1 aliphatic rings.